The largest absolute Gasteiger partial charge is 0.399 e. The minimum atomic E-state index is 0.785. The van der Waals surface area contributed by atoms with Gasteiger partial charge in [0.1, 0.15) is 6.33 Å². The van der Waals surface area contributed by atoms with E-state index in [-0.39, 0.29) is 0 Å². The fourth-order valence-corrected chi connectivity index (χ4v) is 2.11. The number of hydrogen-bond donors (Lipinski definition) is 1. The number of rotatable bonds is 2. The number of nitrogens with two attached hydrogens (primary N) is 1. The second-order valence-electron chi connectivity index (χ2n) is 3.26. The summed E-state index contributed by atoms with van der Waals surface area (Å²) in [5.41, 5.74) is 8.82. The monoisotopic (exact) mass is 314 g/mol. The van der Waals surface area contributed by atoms with Gasteiger partial charge in [0, 0.05) is 22.7 Å². The molecule has 0 unspecified atom stereocenters. The van der Waals surface area contributed by atoms with E-state index in [1.165, 1.54) is 5.56 Å². The lowest BCUT2D eigenvalue weighted by Gasteiger charge is -2.07. The van der Waals surface area contributed by atoms with Crippen LogP contribution < -0.4 is 5.73 Å². The van der Waals surface area contributed by atoms with Crippen LogP contribution >= 0.6 is 22.6 Å². The van der Waals surface area contributed by atoms with Crippen LogP contribution in [0.15, 0.2) is 24.5 Å². The number of anilines is 1. The van der Waals surface area contributed by atoms with Gasteiger partial charge in [0.2, 0.25) is 0 Å². The summed E-state index contributed by atoms with van der Waals surface area (Å²) >= 11 is 2.32. The van der Waals surface area contributed by atoms with E-state index in [1.807, 2.05) is 25.2 Å². The summed E-state index contributed by atoms with van der Waals surface area (Å²) in [4.78, 5) is 4.23. The van der Waals surface area contributed by atoms with Crippen molar-refractivity contribution in [3.8, 4) is 11.4 Å². The Balaban J connectivity index is 2.58. The fourth-order valence-electron chi connectivity index (χ4n) is 1.48. The molecule has 0 spiro atoms. The zero-order valence-corrected chi connectivity index (χ0v) is 10.5. The maximum absolute atomic E-state index is 5.75. The number of hydrogen-bond acceptors (Lipinski definition) is 3. The topological polar surface area (TPSA) is 56.7 Å². The Labute approximate surface area is 102 Å². The fraction of sp³-hybridized carbons (Fsp3) is 0.200. The van der Waals surface area contributed by atoms with Crippen LogP contribution in [0.1, 0.15) is 5.56 Å². The highest BCUT2D eigenvalue weighted by atomic mass is 127. The quantitative estimate of drug-likeness (QED) is 0.524. The molecule has 0 atom stereocenters. The zero-order valence-electron chi connectivity index (χ0n) is 8.31. The molecular weight excluding hydrogens is 303 g/mol. The van der Waals surface area contributed by atoms with Crippen molar-refractivity contribution < 1.29 is 0 Å². The average Bonchev–Trinajstić information content (AvgIpc) is 2.64. The second kappa shape index (κ2) is 4.18. The molecule has 2 rings (SSSR count). The summed E-state index contributed by atoms with van der Waals surface area (Å²) in [5.74, 6) is 0.877. The number of aryl methyl sites for hydroxylation is 1. The van der Waals surface area contributed by atoms with E-state index in [4.69, 9.17) is 5.73 Å². The molecule has 0 bridgehead atoms. The molecule has 2 N–H and O–H groups in total. The number of benzene rings is 1. The molecule has 1 heterocycles. The Hall–Kier alpha value is -1.11. The first-order chi connectivity index (χ1) is 7.22. The lowest BCUT2D eigenvalue weighted by atomic mass is 10.1. The molecule has 0 fully saturated rings. The van der Waals surface area contributed by atoms with Crippen LogP contribution in [0.3, 0.4) is 0 Å². The molecule has 1 aromatic heterocycles. The van der Waals surface area contributed by atoms with Gasteiger partial charge < -0.3 is 5.73 Å². The van der Waals surface area contributed by atoms with Crippen LogP contribution in [0.5, 0.6) is 0 Å². The van der Waals surface area contributed by atoms with Crippen molar-refractivity contribution in [2.75, 3.05) is 5.73 Å². The van der Waals surface area contributed by atoms with E-state index >= 15 is 0 Å². The van der Waals surface area contributed by atoms with Crippen molar-refractivity contribution >= 4 is 28.3 Å². The maximum Gasteiger partial charge on any atom is 0.158 e. The van der Waals surface area contributed by atoms with Gasteiger partial charge in [0.05, 0.1) is 0 Å². The molecule has 0 saturated carbocycles. The number of nitrogen functional groups attached to an aromatic ring is 1. The van der Waals surface area contributed by atoms with Crippen LogP contribution in [0.2, 0.25) is 0 Å². The standard InChI is InChI=1S/C10H11IN4/c1-15-10(13-6-14-15)9-3-2-8(12)4-7(9)5-11/h2-4,6H,5,12H2,1H3. The second-order valence-corrected chi connectivity index (χ2v) is 4.02. The first-order valence-electron chi connectivity index (χ1n) is 4.51. The van der Waals surface area contributed by atoms with Gasteiger partial charge in [-0.3, -0.25) is 0 Å². The van der Waals surface area contributed by atoms with Crippen molar-refractivity contribution in [2.24, 2.45) is 7.05 Å². The SMILES string of the molecule is Cn1ncnc1-c1ccc(N)cc1CI. The van der Waals surface area contributed by atoms with Gasteiger partial charge in [0.15, 0.2) is 5.82 Å². The molecule has 1 aromatic carbocycles. The number of alkyl halides is 1. The van der Waals surface area contributed by atoms with Crippen LogP contribution in [0.25, 0.3) is 11.4 Å². The highest BCUT2D eigenvalue weighted by Gasteiger charge is 2.09. The third-order valence-corrected chi connectivity index (χ3v) is 3.05. The van der Waals surface area contributed by atoms with Gasteiger partial charge >= 0.3 is 0 Å². The summed E-state index contributed by atoms with van der Waals surface area (Å²) in [7, 11) is 1.88. The third-order valence-electron chi connectivity index (χ3n) is 2.23. The Kier molecular flexibility index (Phi) is 2.90. The Morgan fingerprint density at radius 1 is 1.47 bits per heavy atom. The molecule has 5 heteroatoms. The summed E-state index contributed by atoms with van der Waals surface area (Å²) in [6.07, 6.45) is 1.56. The van der Waals surface area contributed by atoms with Gasteiger partial charge in [-0.2, -0.15) is 5.10 Å². The van der Waals surface area contributed by atoms with E-state index < -0.39 is 0 Å². The number of aromatic nitrogens is 3. The number of nitrogens with zero attached hydrogens (tertiary/aromatic N) is 3. The van der Waals surface area contributed by atoms with Crippen LogP contribution in [0.4, 0.5) is 5.69 Å². The van der Waals surface area contributed by atoms with Crippen molar-refractivity contribution in [1.82, 2.24) is 14.8 Å². The van der Waals surface area contributed by atoms with E-state index in [0.717, 1.165) is 21.5 Å². The minimum absolute atomic E-state index is 0.785. The first kappa shape index (κ1) is 10.4. The predicted octanol–water partition coefficient (Wildman–Crippen LogP) is 2.00. The van der Waals surface area contributed by atoms with Gasteiger partial charge in [-0.25, -0.2) is 9.67 Å². The Bertz CT molecular complexity index is 478. The summed E-state index contributed by atoms with van der Waals surface area (Å²) < 4.78 is 2.67. The zero-order chi connectivity index (χ0) is 10.8. The average molecular weight is 314 g/mol. The molecule has 0 aliphatic rings. The molecule has 78 valence electrons. The molecule has 0 amide bonds. The normalized spacial score (nSPS) is 10.5. The lowest BCUT2D eigenvalue weighted by Crippen LogP contribution is -1.98. The minimum Gasteiger partial charge on any atom is -0.399 e. The van der Waals surface area contributed by atoms with Gasteiger partial charge in [-0.05, 0) is 23.8 Å². The Morgan fingerprint density at radius 3 is 2.87 bits per heavy atom. The van der Waals surface area contributed by atoms with Crippen LogP contribution in [-0.2, 0) is 11.5 Å². The highest BCUT2D eigenvalue weighted by Crippen LogP contribution is 2.25. The molecule has 4 nitrogen and oxygen atoms in total. The predicted molar refractivity (Wildman–Crippen MR) is 68.6 cm³/mol. The maximum atomic E-state index is 5.75. The van der Waals surface area contributed by atoms with Gasteiger partial charge in [-0.15, -0.1) is 0 Å². The Morgan fingerprint density at radius 2 is 2.27 bits per heavy atom. The summed E-state index contributed by atoms with van der Waals surface area (Å²) in [5, 5.41) is 4.06. The summed E-state index contributed by atoms with van der Waals surface area (Å²) in [6.45, 7) is 0. The van der Waals surface area contributed by atoms with Crippen molar-refractivity contribution in [1.29, 1.82) is 0 Å². The van der Waals surface area contributed by atoms with Crippen molar-refractivity contribution in [3.63, 3.8) is 0 Å². The van der Waals surface area contributed by atoms with E-state index in [2.05, 4.69) is 32.7 Å². The van der Waals surface area contributed by atoms with Crippen LogP contribution in [0, 0.1) is 0 Å². The van der Waals surface area contributed by atoms with Crippen molar-refractivity contribution in [3.05, 3.63) is 30.1 Å². The van der Waals surface area contributed by atoms with Gasteiger partial charge in [0.25, 0.3) is 0 Å². The molecule has 0 saturated heterocycles. The molecule has 0 aliphatic carbocycles. The van der Waals surface area contributed by atoms with Crippen molar-refractivity contribution in [2.45, 2.75) is 4.43 Å². The van der Waals surface area contributed by atoms with E-state index in [0.29, 0.717) is 0 Å². The van der Waals surface area contributed by atoms with Crippen LogP contribution in [-0.4, -0.2) is 14.8 Å². The number of halogens is 1. The van der Waals surface area contributed by atoms with E-state index in [9.17, 15) is 0 Å². The molecule has 0 aliphatic heterocycles. The smallest absolute Gasteiger partial charge is 0.158 e. The van der Waals surface area contributed by atoms with E-state index in [1.54, 1.807) is 11.0 Å². The van der Waals surface area contributed by atoms with Gasteiger partial charge in [-0.1, -0.05) is 22.6 Å². The lowest BCUT2D eigenvalue weighted by molar-refractivity contribution is 0.774. The highest BCUT2D eigenvalue weighted by molar-refractivity contribution is 14.1. The molecule has 0 radical (unpaired) electrons. The molecule has 2 aromatic rings. The third kappa shape index (κ3) is 1.97. The summed E-state index contributed by atoms with van der Waals surface area (Å²) in [6, 6.07) is 5.86. The molecule has 15 heavy (non-hydrogen) atoms. The first-order valence-corrected chi connectivity index (χ1v) is 6.03. The molecular formula is C10H11IN4.